The van der Waals surface area contributed by atoms with Crippen LogP contribution in [0.3, 0.4) is 0 Å². The molecule has 0 saturated heterocycles. The molecule has 4 aromatic rings. The van der Waals surface area contributed by atoms with Crippen LogP contribution in [0.15, 0.2) is 54.9 Å². The van der Waals surface area contributed by atoms with Gasteiger partial charge >= 0.3 is 6.36 Å². The van der Waals surface area contributed by atoms with E-state index in [1.807, 2.05) is 13.0 Å². The first kappa shape index (κ1) is 26.5. The number of rotatable bonds is 11. The maximum absolute atomic E-state index is 12.5. The first-order chi connectivity index (χ1) is 17.7. The van der Waals surface area contributed by atoms with E-state index in [-0.39, 0.29) is 23.1 Å². The Bertz CT molecular complexity index is 1360. The van der Waals surface area contributed by atoms with Gasteiger partial charge in [0.25, 0.3) is 0 Å². The van der Waals surface area contributed by atoms with Crippen LogP contribution in [0.25, 0.3) is 11.0 Å². The van der Waals surface area contributed by atoms with Gasteiger partial charge in [-0.2, -0.15) is 0 Å². The number of aromatic nitrogens is 3. The third-order valence-corrected chi connectivity index (χ3v) is 5.55. The minimum absolute atomic E-state index is 0.0152. The predicted molar refractivity (Wildman–Crippen MR) is 133 cm³/mol. The normalized spacial score (nSPS) is 11.6. The lowest BCUT2D eigenvalue weighted by Gasteiger charge is -2.14. The molecule has 37 heavy (non-hydrogen) atoms. The second-order valence-corrected chi connectivity index (χ2v) is 8.39. The van der Waals surface area contributed by atoms with Crippen LogP contribution in [0.1, 0.15) is 12.1 Å². The molecule has 196 valence electrons. The molecule has 0 aliphatic carbocycles. The van der Waals surface area contributed by atoms with Crippen molar-refractivity contribution in [2.24, 2.45) is 0 Å². The molecule has 0 aliphatic rings. The molecule has 2 N–H and O–H groups in total. The third-order valence-electron chi connectivity index (χ3n) is 5.26. The van der Waals surface area contributed by atoms with Crippen LogP contribution in [0.5, 0.6) is 17.2 Å². The summed E-state index contributed by atoms with van der Waals surface area (Å²) in [7, 11) is 0. The number of anilines is 2. The molecule has 0 atom stereocenters. The van der Waals surface area contributed by atoms with Crippen LogP contribution in [0.2, 0.25) is 5.02 Å². The molecule has 12 heteroatoms. The van der Waals surface area contributed by atoms with Crippen LogP contribution >= 0.6 is 11.6 Å². The SMILES string of the molecule is Cc1cc2ncnc(Nc3ccc(Oc4cccc(OC(F)(F)F)c4)c(Cl)c3)c2n1CCCOCCO. The van der Waals surface area contributed by atoms with Crippen molar-refractivity contribution < 1.29 is 32.5 Å². The van der Waals surface area contributed by atoms with Gasteiger partial charge in [0.1, 0.15) is 29.1 Å². The quantitative estimate of drug-likeness (QED) is 0.220. The summed E-state index contributed by atoms with van der Waals surface area (Å²) in [6.45, 7) is 3.46. The molecule has 0 fully saturated rings. The molecule has 0 amide bonds. The molecule has 0 bridgehead atoms. The van der Waals surface area contributed by atoms with Gasteiger partial charge in [-0.15, -0.1) is 13.2 Å². The highest BCUT2D eigenvalue weighted by atomic mass is 35.5. The fourth-order valence-corrected chi connectivity index (χ4v) is 3.97. The molecule has 2 aromatic heterocycles. The molecule has 0 unspecified atom stereocenters. The Labute approximate surface area is 215 Å². The number of hydrogen-bond acceptors (Lipinski definition) is 7. The number of nitrogens with zero attached hydrogens (tertiary/aromatic N) is 3. The summed E-state index contributed by atoms with van der Waals surface area (Å²) >= 11 is 6.41. The molecule has 4 rings (SSSR count). The number of benzene rings is 2. The fraction of sp³-hybridized carbons (Fsp3) is 0.280. The van der Waals surface area contributed by atoms with Crippen molar-refractivity contribution in [1.29, 1.82) is 0 Å². The van der Waals surface area contributed by atoms with E-state index in [2.05, 4.69) is 24.6 Å². The number of aryl methyl sites for hydroxylation is 2. The number of ether oxygens (including phenoxy) is 3. The van der Waals surface area contributed by atoms with Crippen LogP contribution in [0.4, 0.5) is 24.7 Å². The van der Waals surface area contributed by atoms with Crippen molar-refractivity contribution in [3.05, 3.63) is 65.6 Å². The lowest BCUT2D eigenvalue weighted by molar-refractivity contribution is -0.274. The average molecular weight is 537 g/mol. The molecule has 2 heterocycles. The van der Waals surface area contributed by atoms with Crippen LogP contribution in [-0.4, -0.2) is 45.8 Å². The van der Waals surface area contributed by atoms with Crippen LogP contribution in [-0.2, 0) is 11.3 Å². The average Bonchev–Trinajstić information content (AvgIpc) is 3.16. The minimum atomic E-state index is -4.80. The summed E-state index contributed by atoms with van der Waals surface area (Å²) in [4.78, 5) is 8.77. The fourth-order valence-electron chi connectivity index (χ4n) is 3.75. The Morgan fingerprint density at radius 3 is 2.62 bits per heavy atom. The van der Waals surface area contributed by atoms with Gasteiger partial charge in [0.15, 0.2) is 5.82 Å². The number of alkyl halides is 3. The largest absolute Gasteiger partial charge is 0.573 e. The van der Waals surface area contributed by atoms with E-state index in [1.54, 1.807) is 18.2 Å². The Morgan fingerprint density at radius 1 is 1.05 bits per heavy atom. The van der Waals surface area contributed by atoms with Gasteiger partial charge in [-0.1, -0.05) is 17.7 Å². The Balaban J connectivity index is 1.51. The maximum Gasteiger partial charge on any atom is 0.573 e. The molecular formula is C25H24ClF3N4O4. The highest BCUT2D eigenvalue weighted by Crippen LogP contribution is 2.35. The number of hydrogen-bond donors (Lipinski definition) is 2. The zero-order valence-corrected chi connectivity index (χ0v) is 20.5. The van der Waals surface area contributed by atoms with E-state index in [0.717, 1.165) is 29.2 Å². The molecule has 0 spiro atoms. The van der Waals surface area contributed by atoms with Gasteiger partial charge < -0.3 is 29.2 Å². The van der Waals surface area contributed by atoms with Crippen LogP contribution < -0.4 is 14.8 Å². The monoisotopic (exact) mass is 536 g/mol. The topological polar surface area (TPSA) is 90.7 Å². The summed E-state index contributed by atoms with van der Waals surface area (Å²) in [5.74, 6) is 0.575. The van der Waals surface area contributed by atoms with Gasteiger partial charge in [0.05, 0.1) is 23.8 Å². The second-order valence-electron chi connectivity index (χ2n) is 7.98. The standard InChI is InChI=1S/C25H24ClF3N4O4/c1-16-12-21-23(33(16)8-3-10-35-11-9-34)24(31-15-30-21)32-17-6-7-22(20(26)13-17)36-18-4-2-5-19(14-18)37-25(27,28)29/h2,4-7,12-15,34H,3,8-11H2,1H3,(H,30,31,32). The van der Waals surface area contributed by atoms with Gasteiger partial charge in [-0.05, 0) is 49.7 Å². The lowest BCUT2D eigenvalue weighted by atomic mass is 10.2. The summed E-state index contributed by atoms with van der Waals surface area (Å²) in [6, 6.07) is 12.1. The number of aliphatic hydroxyl groups excluding tert-OH is 1. The summed E-state index contributed by atoms with van der Waals surface area (Å²) in [5.41, 5.74) is 3.24. The first-order valence-electron chi connectivity index (χ1n) is 11.3. The van der Waals surface area contributed by atoms with Crippen molar-refractivity contribution >= 4 is 34.1 Å². The zero-order chi connectivity index (χ0) is 26.4. The number of aliphatic hydroxyl groups is 1. The lowest BCUT2D eigenvalue weighted by Crippen LogP contribution is -2.17. The number of fused-ring (bicyclic) bond motifs is 1. The Hall–Kier alpha value is -3.54. The molecule has 2 aromatic carbocycles. The van der Waals surface area contributed by atoms with E-state index >= 15 is 0 Å². The zero-order valence-electron chi connectivity index (χ0n) is 19.8. The highest BCUT2D eigenvalue weighted by molar-refractivity contribution is 6.32. The van der Waals surface area contributed by atoms with Gasteiger partial charge in [-0.3, -0.25) is 0 Å². The van der Waals surface area contributed by atoms with Crippen molar-refractivity contribution in [3.63, 3.8) is 0 Å². The van der Waals surface area contributed by atoms with Gasteiger partial charge in [-0.25, -0.2) is 9.97 Å². The number of nitrogens with one attached hydrogen (secondary N) is 1. The van der Waals surface area contributed by atoms with Crippen LogP contribution in [0, 0.1) is 6.92 Å². The van der Waals surface area contributed by atoms with Gasteiger partial charge in [0.2, 0.25) is 0 Å². The first-order valence-corrected chi connectivity index (χ1v) is 11.7. The van der Waals surface area contributed by atoms with Gasteiger partial charge in [0, 0.05) is 30.6 Å². The third kappa shape index (κ3) is 7.03. The summed E-state index contributed by atoms with van der Waals surface area (Å²) in [5, 5.41) is 12.4. The minimum Gasteiger partial charge on any atom is -0.456 e. The number of halogens is 4. The van der Waals surface area contributed by atoms with E-state index in [0.29, 0.717) is 31.3 Å². The van der Waals surface area contributed by atoms with Crippen molar-refractivity contribution in [3.8, 4) is 17.2 Å². The predicted octanol–water partition coefficient (Wildman–Crippen LogP) is 6.23. The molecule has 0 radical (unpaired) electrons. The Kier molecular flexibility index (Phi) is 8.37. The molecular weight excluding hydrogens is 513 g/mol. The maximum atomic E-state index is 12.5. The molecule has 8 nitrogen and oxygen atoms in total. The molecule has 0 saturated carbocycles. The van der Waals surface area contributed by atoms with E-state index in [9.17, 15) is 13.2 Å². The molecule has 0 aliphatic heterocycles. The smallest absolute Gasteiger partial charge is 0.456 e. The van der Waals surface area contributed by atoms with Crippen molar-refractivity contribution in [2.75, 3.05) is 25.1 Å². The highest BCUT2D eigenvalue weighted by Gasteiger charge is 2.31. The summed E-state index contributed by atoms with van der Waals surface area (Å²) < 4.78 is 54.6. The summed E-state index contributed by atoms with van der Waals surface area (Å²) in [6.07, 6.45) is -2.60. The van der Waals surface area contributed by atoms with Crippen molar-refractivity contribution in [2.45, 2.75) is 26.3 Å². The second kappa shape index (κ2) is 11.7. The Morgan fingerprint density at radius 2 is 1.86 bits per heavy atom. The van der Waals surface area contributed by atoms with E-state index in [1.165, 1.54) is 24.5 Å². The van der Waals surface area contributed by atoms with Crippen molar-refractivity contribution in [1.82, 2.24) is 14.5 Å². The van der Waals surface area contributed by atoms with E-state index < -0.39 is 12.1 Å². The van der Waals surface area contributed by atoms with E-state index in [4.69, 9.17) is 26.2 Å².